The van der Waals surface area contributed by atoms with Gasteiger partial charge in [0.05, 0.1) is 22.2 Å². The molecule has 2 rings (SSSR count). The summed E-state index contributed by atoms with van der Waals surface area (Å²) in [5.74, 6) is -3.54. The number of rotatable bonds is 8. The normalized spacial score (nSPS) is 11.9. The fourth-order valence-electron chi connectivity index (χ4n) is 2.20. The van der Waals surface area contributed by atoms with E-state index in [1.165, 1.54) is 31.2 Å². The molecule has 0 aliphatic carbocycles. The number of hydrogen-bond acceptors (Lipinski definition) is 6. The number of hydrogen-bond donors (Lipinski definition) is 2. The maximum Gasteiger partial charge on any atom is 0.338 e. The highest BCUT2D eigenvalue weighted by molar-refractivity contribution is 7.89. The molecule has 0 heterocycles. The van der Waals surface area contributed by atoms with Gasteiger partial charge >= 0.3 is 5.97 Å². The molecule has 2 N–H and O–H groups in total. The molecule has 158 valence electrons. The molecular formula is C19H17F2N3O5S. The molecule has 11 heteroatoms. The van der Waals surface area contributed by atoms with E-state index in [1.54, 1.807) is 6.07 Å². The average molecular weight is 437 g/mol. The van der Waals surface area contributed by atoms with E-state index < -0.39 is 39.6 Å². The van der Waals surface area contributed by atoms with Crippen LogP contribution in [0.1, 0.15) is 23.7 Å². The SMILES string of the molecule is CC(OC(=O)c1ccc(S(=O)(=O)NCCC#N)cc1)C(=O)Nc1ccc(F)cc1F. The number of sulfonamides is 1. The van der Waals surface area contributed by atoms with Crippen LogP contribution in [-0.2, 0) is 19.6 Å². The summed E-state index contributed by atoms with van der Waals surface area (Å²) < 4.78 is 57.8. The number of amides is 1. The lowest BCUT2D eigenvalue weighted by Crippen LogP contribution is -2.30. The van der Waals surface area contributed by atoms with Gasteiger partial charge in [-0.3, -0.25) is 4.79 Å². The zero-order valence-corrected chi connectivity index (χ0v) is 16.5. The van der Waals surface area contributed by atoms with Crippen LogP contribution in [0.2, 0.25) is 0 Å². The summed E-state index contributed by atoms with van der Waals surface area (Å²) in [7, 11) is -3.83. The van der Waals surface area contributed by atoms with E-state index in [1.807, 2.05) is 0 Å². The Balaban J connectivity index is 1.99. The number of ether oxygens (including phenoxy) is 1. The van der Waals surface area contributed by atoms with Gasteiger partial charge in [0.2, 0.25) is 10.0 Å². The first-order chi connectivity index (χ1) is 14.1. The quantitative estimate of drug-likeness (QED) is 0.482. The van der Waals surface area contributed by atoms with Crippen LogP contribution < -0.4 is 10.0 Å². The third-order valence-electron chi connectivity index (χ3n) is 3.77. The number of halogens is 2. The maximum atomic E-state index is 13.6. The lowest BCUT2D eigenvalue weighted by molar-refractivity contribution is -0.123. The van der Waals surface area contributed by atoms with Crippen LogP contribution in [0, 0.1) is 23.0 Å². The van der Waals surface area contributed by atoms with Gasteiger partial charge in [-0.25, -0.2) is 26.7 Å². The Hall–Kier alpha value is -3.36. The van der Waals surface area contributed by atoms with Crippen LogP contribution >= 0.6 is 0 Å². The second kappa shape index (κ2) is 9.91. The molecule has 1 unspecified atom stereocenters. The first kappa shape index (κ1) is 22.9. The van der Waals surface area contributed by atoms with Crippen LogP contribution in [0.3, 0.4) is 0 Å². The van der Waals surface area contributed by atoms with Gasteiger partial charge in [0, 0.05) is 19.0 Å². The highest BCUT2D eigenvalue weighted by Crippen LogP contribution is 2.16. The van der Waals surface area contributed by atoms with Gasteiger partial charge in [-0.05, 0) is 43.3 Å². The van der Waals surface area contributed by atoms with Gasteiger partial charge in [0.25, 0.3) is 5.91 Å². The smallest absolute Gasteiger partial charge is 0.338 e. The van der Waals surface area contributed by atoms with Crippen LogP contribution in [0.25, 0.3) is 0 Å². The van der Waals surface area contributed by atoms with E-state index in [9.17, 15) is 26.8 Å². The summed E-state index contributed by atoms with van der Waals surface area (Å²) in [6, 6.07) is 9.13. The summed E-state index contributed by atoms with van der Waals surface area (Å²) in [5.41, 5.74) is -0.290. The first-order valence-corrected chi connectivity index (χ1v) is 10.1. The summed E-state index contributed by atoms with van der Waals surface area (Å²) in [5, 5.41) is 10.6. The van der Waals surface area contributed by atoms with Crippen molar-refractivity contribution in [3.63, 3.8) is 0 Å². The molecule has 0 saturated heterocycles. The number of nitrogens with zero attached hydrogens (tertiary/aromatic N) is 1. The largest absolute Gasteiger partial charge is 0.449 e. The Morgan fingerprint density at radius 1 is 1.17 bits per heavy atom. The van der Waals surface area contributed by atoms with Gasteiger partial charge < -0.3 is 10.1 Å². The predicted octanol–water partition coefficient (Wildman–Crippen LogP) is 2.34. The topological polar surface area (TPSA) is 125 Å². The predicted molar refractivity (Wildman–Crippen MR) is 102 cm³/mol. The lowest BCUT2D eigenvalue weighted by Gasteiger charge is -2.14. The van der Waals surface area contributed by atoms with E-state index >= 15 is 0 Å². The van der Waals surface area contributed by atoms with Crippen LogP contribution in [0.4, 0.5) is 14.5 Å². The van der Waals surface area contributed by atoms with E-state index in [0.717, 1.165) is 12.1 Å². The number of nitrogens with one attached hydrogen (secondary N) is 2. The van der Waals surface area contributed by atoms with Gasteiger partial charge in [-0.2, -0.15) is 5.26 Å². The second-order valence-electron chi connectivity index (χ2n) is 5.99. The van der Waals surface area contributed by atoms with Crippen LogP contribution in [0.5, 0.6) is 0 Å². The van der Waals surface area contributed by atoms with E-state index in [2.05, 4.69) is 10.0 Å². The Morgan fingerprint density at radius 2 is 1.83 bits per heavy atom. The Morgan fingerprint density at radius 3 is 2.43 bits per heavy atom. The fraction of sp³-hybridized carbons (Fsp3) is 0.211. The number of anilines is 1. The molecule has 0 aliphatic rings. The summed E-state index contributed by atoms with van der Waals surface area (Å²) in [6.45, 7) is 1.20. The van der Waals surface area contributed by atoms with Crippen molar-refractivity contribution < 1.29 is 31.5 Å². The van der Waals surface area contributed by atoms with Crippen LogP contribution in [0.15, 0.2) is 47.4 Å². The molecular weight excluding hydrogens is 420 g/mol. The molecule has 1 amide bonds. The molecule has 30 heavy (non-hydrogen) atoms. The molecule has 8 nitrogen and oxygen atoms in total. The summed E-state index contributed by atoms with van der Waals surface area (Å²) >= 11 is 0. The number of carbonyl (C=O) groups is 2. The fourth-order valence-corrected chi connectivity index (χ4v) is 3.23. The Labute approximate surface area is 171 Å². The number of carbonyl (C=O) groups excluding carboxylic acids is 2. The highest BCUT2D eigenvalue weighted by Gasteiger charge is 2.21. The molecule has 0 spiro atoms. The Kier molecular flexibility index (Phi) is 7.57. The van der Waals surface area contributed by atoms with E-state index in [-0.39, 0.29) is 29.1 Å². The van der Waals surface area contributed by atoms with Crippen molar-refractivity contribution in [3.8, 4) is 6.07 Å². The second-order valence-corrected chi connectivity index (χ2v) is 7.76. The van der Waals surface area contributed by atoms with E-state index in [0.29, 0.717) is 6.07 Å². The van der Waals surface area contributed by atoms with E-state index in [4.69, 9.17) is 10.00 Å². The molecule has 2 aromatic rings. The third-order valence-corrected chi connectivity index (χ3v) is 5.25. The minimum atomic E-state index is -3.83. The van der Waals surface area contributed by atoms with Gasteiger partial charge in [0.1, 0.15) is 11.6 Å². The number of nitriles is 1. The molecule has 0 radical (unpaired) electrons. The molecule has 0 saturated carbocycles. The molecule has 0 fully saturated rings. The van der Waals surface area contributed by atoms with Crippen LogP contribution in [-0.4, -0.2) is 32.9 Å². The minimum absolute atomic E-state index is 0.00537. The highest BCUT2D eigenvalue weighted by atomic mass is 32.2. The number of esters is 1. The molecule has 2 aromatic carbocycles. The monoisotopic (exact) mass is 437 g/mol. The van der Waals surface area contributed by atoms with Crippen molar-refractivity contribution in [1.29, 1.82) is 5.26 Å². The van der Waals surface area contributed by atoms with Gasteiger partial charge in [-0.1, -0.05) is 0 Å². The van der Waals surface area contributed by atoms with Gasteiger partial charge in [-0.15, -0.1) is 0 Å². The van der Waals surface area contributed by atoms with Crippen molar-refractivity contribution in [2.75, 3.05) is 11.9 Å². The molecule has 0 bridgehead atoms. The molecule has 1 atom stereocenters. The Bertz CT molecular complexity index is 1080. The third kappa shape index (κ3) is 6.07. The van der Waals surface area contributed by atoms with Crippen molar-refractivity contribution in [2.24, 2.45) is 0 Å². The standard InChI is InChI=1S/C19H17F2N3O5S/c1-12(18(25)24-17-8-5-14(20)11-16(17)21)29-19(26)13-3-6-15(7-4-13)30(27,28)23-10-2-9-22/h3-8,11-12,23H,2,10H2,1H3,(H,24,25). The average Bonchev–Trinajstić information content (AvgIpc) is 2.70. The zero-order valence-electron chi connectivity index (χ0n) is 15.7. The van der Waals surface area contributed by atoms with Crippen molar-refractivity contribution in [3.05, 3.63) is 59.7 Å². The lowest BCUT2D eigenvalue weighted by atomic mass is 10.2. The summed E-state index contributed by atoms with van der Waals surface area (Å²) in [4.78, 5) is 24.1. The van der Waals surface area contributed by atoms with Gasteiger partial charge in [0.15, 0.2) is 6.10 Å². The zero-order chi connectivity index (χ0) is 22.3. The minimum Gasteiger partial charge on any atom is -0.449 e. The molecule has 0 aromatic heterocycles. The number of benzene rings is 2. The van der Waals surface area contributed by atoms with Crippen molar-refractivity contribution in [1.82, 2.24) is 4.72 Å². The summed E-state index contributed by atoms with van der Waals surface area (Å²) in [6.07, 6.45) is -1.30. The first-order valence-electron chi connectivity index (χ1n) is 8.57. The molecule has 0 aliphatic heterocycles. The van der Waals surface area contributed by atoms with Crippen molar-refractivity contribution in [2.45, 2.75) is 24.3 Å². The maximum absolute atomic E-state index is 13.6. The van der Waals surface area contributed by atoms with Crippen molar-refractivity contribution >= 4 is 27.6 Å².